The van der Waals surface area contributed by atoms with E-state index in [0.717, 1.165) is 117 Å². The van der Waals surface area contributed by atoms with Crippen molar-refractivity contribution < 1.29 is 0 Å². The van der Waals surface area contributed by atoms with Crippen LogP contribution in [-0.2, 0) is 0 Å². The molecule has 2 aromatic heterocycles. The van der Waals surface area contributed by atoms with Gasteiger partial charge in [-0.2, -0.15) is 5.26 Å². The van der Waals surface area contributed by atoms with E-state index < -0.39 is 0 Å². The van der Waals surface area contributed by atoms with Gasteiger partial charge in [-0.05, 0) is 187 Å². The summed E-state index contributed by atoms with van der Waals surface area (Å²) < 4.78 is 12.4. The second-order valence-electron chi connectivity index (χ2n) is 23.8. The molecule has 15 aromatic rings. The standard InChI is InChI=1S/C81H56B3N7/c1-56-25-23-44-79-80(56)86-81-87(77-42-21-22-43-78(77)88(79)81)68-46-48-74-70-39-18-17-38-69(70)73-47-45-59(53-75(73)71-40-19-20-41-72(71)76(74)54-68)61-50-57(55-85)49-60(51-61)58-26-24-31-64(52-58)84-90(66-34-13-5-14-35-66)82(62-27-7-2-8-28-62)89(65-32-11-4-12-33-65)83(63-29-9-3-10-30-63)91(84)67-36-15-6-16-37-67/h2-54H,1H3. The molecule has 0 amide bonds. The zero-order valence-electron chi connectivity index (χ0n) is 50.0. The molecule has 91 heavy (non-hydrogen) atoms. The van der Waals surface area contributed by atoms with Gasteiger partial charge in [0.15, 0.2) is 0 Å². The SMILES string of the molecule is Cc1cccc2c1nc1n(-c3ccc4c(c3)-c3ccccc3-c3cc(-c5cc(C#N)cc(-c6cccc(B7N(c8ccccc8)B(c8ccccc8)N(c8ccccc8)B(c8ccccc8)N7c7ccccc7)c6)c5)ccc3-c3ccccc3-4)c3ccccc3n21. The fourth-order valence-corrected chi connectivity index (χ4v) is 14.6. The fraction of sp³-hybridized carbons (Fsp3) is 0.0123. The number of aryl methyl sites for hydroxylation is 1. The van der Waals surface area contributed by atoms with Crippen molar-refractivity contribution in [1.82, 2.24) is 14.0 Å². The second-order valence-corrected chi connectivity index (χ2v) is 23.8. The lowest BCUT2D eigenvalue weighted by Crippen LogP contribution is -2.86. The number of nitrogens with zero attached hydrogens (tertiary/aromatic N) is 7. The number of fused-ring (bicyclic) bond motifs is 13. The van der Waals surface area contributed by atoms with E-state index in [1.807, 2.05) is 12.1 Å². The molecule has 0 atom stereocenters. The number of imidazole rings is 2. The molecule has 0 bridgehead atoms. The highest BCUT2D eigenvalue weighted by Gasteiger charge is 2.56. The third kappa shape index (κ3) is 8.96. The van der Waals surface area contributed by atoms with E-state index in [9.17, 15) is 5.26 Å². The van der Waals surface area contributed by atoms with E-state index in [1.54, 1.807) is 0 Å². The first-order chi connectivity index (χ1) is 45.0. The zero-order valence-corrected chi connectivity index (χ0v) is 50.0. The lowest BCUT2D eigenvalue weighted by molar-refractivity contribution is 1.11. The van der Waals surface area contributed by atoms with Crippen molar-refractivity contribution in [3.05, 3.63) is 333 Å². The molecule has 1 fully saturated rings. The number of aromatic nitrogens is 3. The van der Waals surface area contributed by atoms with E-state index in [1.165, 1.54) is 22.1 Å². The van der Waals surface area contributed by atoms with Crippen LogP contribution in [0.15, 0.2) is 322 Å². The first kappa shape index (κ1) is 53.5. The minimum absolute atomic E-state index is 0.276. The van der Waals surface area contributed by atoms with Gasteiger partial charge in [-0.1, -0.05) is 231 Å². The van der Waals surface area contributed by atoms with E-state index in [4.69, 9.17) is 4.98 Å². The van der Waals surface area contributed by atoms with Crippen LogP contribution in [0, 0.1) is 18.3 Å². The molecule has 13 aromatic carbocycles. The Hall–Kier alpha value is -11.8. The van der Waals surface area contributed by atoms with Gasteiger partial charge in [0.25, 0.3) is 0 Å². The predicted octanol–water partition coefficient (Wildman–Crippen LogP) is 16.9. The van der Waals surface area contributed by atoms with Crippen molar-refractivity contribution in [3.63, 3.8) is 0 Å². The molecule has 1 aliphatic carbocycles. The molecular formula is C81H56B3N7. The molecule has 17 rings (SSSR count). The Bertz CT molecular complexity index is 5230. The first-order valence-corrected chi connectivity index (χ1v) is 31.2. The maximum Gasteiger partial charge on any atom is 0.388 e. The molecule has 7 nitrogen and oxygen atoms in total. The Morgan fingerprint density at radius 2 is 0.725 bits per heavy atom. The van der Waals surface area contributed by atoms with Gasteiger partial charge >= 0.3 is 20.9 Å². The van der Waals surface area contributed by atoms with Crippen LogP contribution in [0.4, 0.5) is 17.1 Å². The number of rotatable bonds is 9. The van der Waals surface area contributed by atoms with Crippen molar-refractivity contribution in [3.8, 4) is 78.5 Å². The number of nitriles is 1. The number of para-hydroxylation sites is 6. The molecule has 10 heteroatoms. The third-order valence-electron chi connectivity index (χ3n) is 18.6. The van der Waals surface area contributed by atoms with Gasteiger partial charge in [-0.3, -0.25) is 8.97 Å². The van der Waals surface area contributed by atoms with Crippen LogP contribution < -0.4 is 30.6 Å². The molecule has 0 N–H and O–H groups in total. The molecule has 3 heterocycles. The average molecular weight is 1160 g/mol. The maximum atomic E-state index is 11.0. The molecule has 1 saturated heterocycles. The van der Waals surface area contributed by atoms with Crippen LogP contribution in [0.1, 0.15) is 11.1 Å². The first-order valence-electron chi connectivity index (χ1n) is 31.2. The highest BCUT2D eigenvalue weighted by atomic mass is 15.3. The van der Waals surface area contributed by atoms with Crippen LogP contribution >= 0.6 is 0 Å². The number of benzene rings is 13. The molecule has 0 spiro atoms. The summed E-state index contributed by atoms with van der Waals surface area (Å²) in [4.78, 5) is 5.35. The zero-order chi connectivity index (χ0) is 60.5. The van der Waals surface area contributed by atoms with E-state index in [-0.39, 0.29) is 20.9 Å². The smallest absolute Gasteiger partial charge is 0.388 e. The highest BCUT2D eigenvalue weighted by Crippen LogP contribution is 2.50. The Morgan fingerprint density at radius 3 is 1.27 bits per heavy atom. The quantitative estimate of drug-likeness (QED) is 0.135. The van der Waals surface area contributed by atoms with Gasteiger partial charge in [0.1, 0.15) is 0 Å². The van der Waals surface area contributed by atoms with Crippen molar-refractivity contribution in [2.45, 2.75) is 6.92 Å². The average Bonchev–Trinajstić information content (AvgIpc) is 1.39. The molecule has 2 aliphatic rings. The number of anilines is 3. The van der Waals surface area contributed by atoms with E-state index in [0.29, 0.717) is 5.56 Å². The van der Waals surface area contributed by atoms with Crippen molar-refractivity contribution in [2.24, 2.45) is 0 Å². The Morgan fingerprint density at radius 1 is 0.308 bits per heavy atom. The van der Waals surface area contributed by atoms with Gasteiger partial charge in [0.05, 0.1) is 33.7 Å². The normalized spacial score (nSPS) is 12.7. The molecule has 1 aliphatic heterocycles. The van der Waals surface area contributed by atoms with Crippen molar-refractivity contribution >= 4 is 82.2 Å². The Kier molecular flexibility index (Phi) is 13.0. The summed E-state index contributed by atoms with van der Waals surface area (Å²) in [6.45, 7) is 1.24. The summed E-state index contributed by atoms with van der Waals surface area (Å²) in [5, 5.41) is 11.0. The van der Waals surface area contributed by atoms with Crippen LogP contribution in [0.2, 0.25) is 0 Å². The molecule has 424 valence electrons. The van der Waals surface area contributed by atoms with Crippen LogP contribution in [0.5, 0.6) is 0 Å². The summed E-state index contributed by atoms with van der Waals surface area (Å²) in [5.74, 6) is 0.881. The predicted molar refractivity (Wildman–Crippen MR) is 381 cm³/mol. The lowest BCUT2D eigenvalue weighted by atomic mass is 9.37. The minimum atomic E-state index is -0.352. The van der Waals surface area contributed by atoms with Crippen molar-refractivity contribution in [1.29, 1.82) is 5.26 Å². The molecular weight excluding hydrogens is 1100 g/mol. The topological polar surface area (TPSA) is 55.7 Å². The minimum Gasteiger partial charge on any atom is -0.416 e. The number of hydrogen-bond acceptors (Lipinski definition) is 5. The van der Waals surface area contributed by atoms with E-state index >= 15 is 0 Å². The Labute approximate surface area is 530 Å². The summed E-state index contributed by atoms with van der Waals surface area (Å²) in [6.07, 6.45) is 0. The maximum absolute atomic E-state index is 11.0. The lowest BCUT2D eigenvalue weighted by Gasteiger charge is -2.57. The van der Waals surface area contributed by atoms with E-state index in [2.05, 4.69) is 346 Å². The largest absolute Gasteiger partial charge is 0.416 e. The summed E-state index contributed by atoms with van der Waals surface area (Å²) in [5.41, 5.74) is 26.9. The van der Waals surface area contributed by atoms with Crippen LogP contribution in [-0.4, -0.2) is 34.9 Å². The summed E-state index contributed by atoms with van der Waals surface area (Å²) in [6, 6.07) is 119. The third-order valence-corrected chi connectivity index (χ3v) is 18.6. The molecule has 0 unspecified atom stereocenters. The van der Waals surface area contributed by atoms with Gasteiger partial charge in [-0.25, -0.2) is 4.98 Å². The van der Waals surface area contributed by atoms with Crippen molar-refractivity contribution in [2.75, 3.05) is 14.2 Å². The van der Waals surface area contributed by atoms with Gasteiger partial charge in [-0.15, -0.1) is 0 Å². The van der Waals surface area contributed by atoms with Crippen LogP contribution in [0.3, 0.4) is 0 Å². The van der Waals surface area contributed by atoms with Gasteiger partial charge in [0.2, 0.25) is 5.78 Å². The molecule has 0 radical (unpaired) electrons. The van der Waals surface area contributed by atoms with Gasteiger partial charge < -0.3 is 14.2 Å². The second kappa shape index (κ2) is 22.1. The number of hydrogen-bond donors (Lipinski definition) is 0. The highest BCUT2D eigenvalue weighted by molar-refractivity contribution is 7.14. The monoisotopic (exact) mass is 1160 g/mol. The summed E-state index contributed by atoms with van der Waals surface area (Å²) >= 11 is 0. The summed E-state index contributed by atoms with van der Waals surface area (Å²) in [7, 11) is 0. The van der Waals surface area contributed by atoms with Gasteiger partial charge in [0, 0.05) is 22.7 Å². The fourth-order valence-electron chi connectivity index (χ4n) is 14.6. The van der Waals surface area contributed by atoms with Crippen LogP contribution in [0.25, 0.3) is 100 Å². The molecule has 0 saturated carbocycles. The Balaban J connectivity index is 0.826.